The summed E-state index contributed by atoms with van der Waals surface area (Å²) in [6, 6.07) is 0.559. The first-order valence-corrected chi connectivity index (χ1v) is 6.59. The number of nitrogens with zero attached hydrogens (tertiary/aromatic N) is 3. The SMILES string of the molecule is O=C(CCl)NCc1nnc(C2CC2)n1C1CC1. The van der Waals surface area contributed by atoms with Crippen molar-refractivity contribution in [3.8, 4) is 0 Å². The molecule has 92 valence electrons. The first-order chi connectivity index (χ1) is 8.29. The van der Waals surface area contributed by atoms with Gasteiger partial charge in [0.1, 0.15) is 11.7 Å². The number of hydrogen-bond donors (Lipinski definition) is 1. The van der Waals surface area contributed by atoms with Gasteiger partial charge in [0.2, 0.25) is 5.91 Å². The standard InChI is InChI=1S/C11H15ClN4O/c12-5-10(17)13-6-9-14-15-11(7-1-2-7)16(9)8-3-4-8/h7-8H,1-6H2,(H,13,17). The van der Waals surface area contributed by atoms with Gasteiger partial charge in [-0.1, -0.05) is 0 Å². The first kappa shape index (κ1) is 11.0. The van der Waals surface area contributed by atoms with Gasteiger partial charge in [-0.05, 0) is 25.7 Å². The third kappa shape index (κ3) is 2.29. The molecule has 1 amide bonds. The molecular weight excluding hydrogens is 240 g/mol. The summed E-state index contributed by atoms with van der Waals surface area (Å²) in [5, 5.41) is 11.2. The molecule has 0 aromatic carbocycles. The number of amides is 1. The Morgan fingerprint density at radius 3 is 2.71 bits per heavy atom. The second kappa shape index (κ2) is 4.29. The molecule has 5 nitrogen and oxygen atoms in total. The van der Waals surface area contributed by atoms with Gasteiger partial charge in [0, 0.05) is 12.0 Å². The molecule has 0 unspecified atom stereocenters. The predicted molar refractivity (Wildman–Crippen MR) is 62.8 cm³/mol. The summed E-state index contributed by atoms with van der Waals surface area (Å²) in [5.41, 5.74) is 0. The summed E-state index contributed by atoms with van der Waals surface area (Å²) < 4.78 is 2.23. The lowest BCUT2D eigenvalue weighted by molar-refractivity contribution is -0.118. The van der Waals surface area contributed by atoms with Crippen LogP contribution in [0.25, 0.3) is 0 Å². The number of hydrogen-bond acceptors (Lipinski definition) is 3. The van der Waals surface area contributed by atoms with Crippen LogP contribution >= 0.6 is 11.6 Å². The van der Waals surface area contributed by atoms with E-state index in [0.717, 1.165) is 11.6 Å². The van der Waals surface area contributed by atoms with Crippen LogP contribution in [0.4, 0.5) is 0 Å². The average Bonchev–Trinajstić information content (AvgIpc) is 3.24. The van der Waals surface area contributed by atoms with Crippen LogP contribution in [0, 0.1) is 0 Å². The lowest BCUT2D eigenvalue weighted by Crippen LogP contribution is -2.25. The van der Waals surface area contributed by atoms with Crippen molar-refractivity contribution >= 4 is 17.5 Å². The first-order valence-electron chi connectivity index (χ1n) is 6.06. The molecule has 0 bridgehead atoms. The van der Waals surface area contributed by atoms with Gasteiger partial charge < -0.3 is 9.88 Å². The van der Waals surface area contributed by atoms with Crippen molar-refractivity contribution in [1.29, 1.82) is 0 Å². The lowest BCUT2D eigenvalue weighted by atomic mass is 10.4. The molecule has 2 aliphatic carbocycles. The van der Waals surface area contributed by atoms with E-state index in [1.165, 1.54) is 25.7 Å². The fourth-order valence-corrected chi connectivity index (χ4v) is 2.13. The summed E-state index contributed by atoms with van der Waals surface area (Å²) in [4.78, 5) is 11.1. The second-order valence-electron chi connectivity index (χ2n) is 4.76. The zero-order valence-corrected chi connectivity index (χ0v) is 10.3. The Balaban J connectivity index is 1.76. The van der Waals surface area contributed by atoms with Gasteiger partial charge in [-0.2, -0.15) is 0 Å². The summed E-state index contributed by atoms with van der Waals surface area (Å²) in [7, 11) is 0. The minimum absolute atomic E-state index is 0.00690. The molecule has 0 atom stereocenters. The van der Waals surface area contributed by atoms with Crippen LogP contribution in [-0.2, 0) is 11.3 Å². The lowest BCUT2D eigenvalue weighted by Gasteiger charge is -2.08. The summed E-state index contributed by atoms with van der Waals surface area (Å²) in [5.74, 6) is 2.41. The van der Waals surface area contributed by atoms with Gasteiger partial charge in [0.15, 0.2) is 5.82 Å². The van der Waals surface area contributed by atoms with Crippen LogP contribution in [0.3, 0.4) is 0 Å². The molecule has 1 aromatic heterocycles. The summed E-state index contributed by atoms with van der Waals surface area (Å²) in [6.45, 7) is 0.432. The Bertz CT molecular complexity index is 437. The van der Waals surface area contributed by atoms with Crippen LogP contribution in [0.1, 0.15) is 49.3 Å². The van der Waals surface area contributed by atoms with E-state index in [2.05, 4.69) is 20.1 Å². The second-order valence-corrected chi connectivity index (χ2v) is 5.03. The monoisotopic (exact) mass is 254 g/mol. The van der Waals surface area contributed by atoms with Crippen LogP contribution < -0.4 is 5.32 Å². The van der Waals surface area contributed by atoms with Crippen LogP contribution in [0.2, 0.25) is 0 Å². The van der Waals surface area contributed by atoms with Crippen molar-refractivity contribution < 1.29 is 4.79 Å². The zero-order chi connectivity index (χ0) is 11.8. The highest BCUT2D eigenvalue weighted by Gasteiger charge is 2.36. The molecule has 2 fully saturated rings. The molecule has 1 aromatic rings. The maximum absolute atomic E-state index is 11.1. The van der Waals surface area contributed by atoms with Gasteiger partial charge in [0.05, 0.1) is 6.54 Å². The molecule has 0 radical (unpaired) electrons. The van der Waals surface area contributed by atoms with E-state index in [1.54, 1.807) is 0 Å². The maximum Gasteiger partial charge on any atom is 0.235 e. The number of nitrogens with one attached hydrogen (secondary N) is 1. The van der Waals surface area contributed by atoms with Crippen LogP contribution in [0.15, 0.2) is 0 Å². The third-order valence-electron chi connectivity index (χ3n) is 3.21. The Morgan fingerprint density at radius 1 is 1.35 bits per heavy atom. The van der Waals surface area contributed by atoms with Gasteiger partial charge in [0.25, 0.3) is 0 Å². The Hall–Kier alpha value is -1.10. The molecule has 0 saturated heterocycles. The molecule has 1 N–H and O–H groups in total. The van der Waals surface area contributed by atoms with Gasteiger partial charge in [-0.3, -0.25) is 4.79 Å². The van der Waals surface area contributed by atoms with E-state index >= 15 is 0 Å². The molecule has 1 heterocycles. The summed E-state index contributed by atoms with van der Waals surface area (Å²) >= 11 is 5.44. The van der Waals surface area contributed by atoms with Crippen molar-refractivity contribution in [1.82, 2.24) is 20.1 Å². The van der Waals surface area contributed by atoms with E-state index in [4.69, 9.17) is 11.6 Å². The fourth-order valence-electron chi connectivity index (χ4n) is 2.03. The van der Waals surface area contributed by atoms with Crippen molar-refractivity contribution in [2.24, 2.45) is 0 Å². The van der Waals surface area contributed by atoms with Crippen molar-refractivity contribution in [3.05, 3.63) is 11.6 Å². The number of carbonyl (C=O) groups excluding carboxylic acids is 1. The molecule has 6 heteroatoms. The van der Waals surface area contributed by atoms with Gasteiger partial charge in [-0.15, -0.1) is 21.8 Å². The minimum atomic E-state index is -0.162. The molecule has 2 saturated carbocycles. The van der Waals surface area contributed by atoms with Gasteiger partial charge in [-0.25, -0.2) is 0 Å². The number of alkyl halides is 1. The maximum atomic E-state index is 11.1. The summed E-state index contributed by atoms with van der Waals surface area (Å²) in [6.07, 6.45) is 4.85. The number of aromatic nitrogens is 3. The van der Waals surface area contributed by atoms with Crippen molar-refractivity contribution in [2.45, 2.75) is 44.2 Å². The molecule has 17 heavy (non-hydrogen) atoms. The van der Waals surface area contributed by atoms with E-state index in [0.29, 0.717) is 18.5 Å². The Labute approximate surface area is 105 Å². The quantitative estimate of drug-likeness (QED) is 0.807. The van der Waals surface area contributed by atoms with Crippen LogP contribution in [0.5, 0.6) is 0 Å². The average molecular weight is 255 g/mol. The zero-order valence-electron chi connectivity index (χ0n) is 9.53. The number of carbonyl (C=O) groups is 1. The molecule has 0 spiro atoms. The predicted octanol–water partition coefficient (Wildman–Crippen LogP) is 1.35. The normalized spacial score (nSPS) is 19.4. The Morgan fingerprint density at radius 2 is 2.12 bits per heavy atom. The molecule has 2 aliphatic rings. The van der Waals surface area contributed by atoms with E-state index < -0.39 is 0 Å². The topological polar surface area (TPSA) is 59.8 Å². The highest BCUT2D eigenvalue weighted by Crippen LogP contribution is 2.44. The molecular formula is C11H15ClN4O. The van der Waals surface area contributed by atoms with Crippen molar-refractivity contribution in [2.75, 3.05) is 5.88 Å². The smallest absolute Gasteiger partial charge is 0.235 e. The third-order valence-corrected chi connectivity index (χ3v) is 3.46. The highest BCUT2D eigenvalue weighted by atomic mass is 35.5. The molecule has 0 aliphatic heterocycles. The highest BCUT2D eigenvalue weighted by molar-refractivity contribution is 6.27. The van der Waals surface area contributed by atoms with E-state index in [9.17, 15) is 4.79 Å². The Kier molecular flexibility index (Phi) is 2.78. The fraction of sp³-hybridized carbons (Fsp3) is 0.727. The minimum Gasteiger partial charge on any atom is -0.348 e. The van der Waals surface area contributed by atoms with Crippen molar-refractivity contribution in [3.63, 3.8) is 0 Å². The number of rotatable bonds is 5. The van der Waals surface area contributed by atoms with Crippen LogP contribution in [-0.4, -0.2) is 26.6 Å². The van der Waals surface area contributed by atoms with E-state index in [-0.39, 0.29) is 11.8 Å². The molecule has 3 rings (SSSR count). The van der Waals surface area contributed by atoms with E-state index in [1.807, 2.05) is 0 Å². The largest absolute Gasteiger partial charge is 0.348 e. The number of halogens is 1. The van der Waals surface area contributed by atoms with Gasteiger partial charge >= 0.3 is 0 Å².